The molecule has 1 aliphatic heterocycles. The maximum atomic E-state index is 12.4. The van der Waals surface area contributed by atoms with Gasteiger partial charge in [-0.3, -0.25) is 9.89 Å². The molecule has 0 atom stereocenters. The maximum Gasteiger partial charge on any atom is 0.276 e. The van der Waals surface area contributed by atoms with E-state index in [0.29, 0.717) is 23.8 Å². The van der Waals surface area contributed by atoms with E-state index in [1.807, 2.05) is 11.8 Å². The van der Waals surface area contributed by atoms with Gasteiger partial charge in [-0.25, -0.2) is 0 Å². The fourth-order valence-corrected chi connectivity index (χ4v) is 2.44. The van der Waals surface area contributed by atoms with Crippen LogP contribution in [-0.2, 0) is 0 Å². The molecule has 0 aromatic carbocycles. The number of hydrogen-bond acceptors (Lipinski definition) is 3. The number of H-pyrrole nitrogens is 1. The molecule has 18 heavy (non-hydrogen) atoms. The molecule has 0 unspecified atom stereocenters. The van der Waals surface area contributed by atoms with E-state index in [9.17, 15) is 4.79 Å². The van der Waals surface area contributed by atoms with Crippen LogP contribution in [0.4, 0.5) is 5.69 Å². The molecular weight excluding hydrogens is 228 g/mol. The van der Waals surface area contributed by atoms with E-state index < -0.39 is 0 Å². The molecule has 0 bridgehead atoms. The number of anilines is 1. The smallest absolute Gasteiger partial charge is 0.276 e. The minimum Gasteiger partial charge on any atom is -0.395 e. The van der Waals surface area contributed by atoms with Crippen LogP contribution in [0.1, 0.15) is 48.3 Å². The van der Waals surface area contributed by atoms with Gasteiger partial charge in [0, 0.05) is 19.0 Å². The Labute approximate surface area is 106 Å². The van der Waals surface area contributed by atoms with Crippen molar-refractivity contribution in [2.75, 3.05) is 18.8 Å². The highest BCUT2D eigenvalue weighted by Gasteiger charge is 2.31. The van der Waals surface area contributed by atoms with Gasteiger partial charge in [0.2, 0.25) is 0 Å². The van der Waals surface area contributed by atoms with Gasteiger partial charge in [-0.15, -0.1) is 0 Å². The van der Waals surface area contributed by atoms with E-state index in [1.54, 1.807) is 0 Å². The number of nitrogens with two attached hydrogens (primary N) is 1. The molecule has 1 saturated carbocycles. The summed E-state index contributed by atoms with van der Waals surface area (Å²) < 4.78 is 0. The molecule has 1 aromatic heterocycles. The molecular formula is C13H18N4O. The van der Waals surface area contributed by atoms with Crippen LogP contribution in [0.5, 0.6) is 0 Å². The highest BCUT2D eigenvalue weighted by atomic mass is 16.2. The number of nitrogens with zero attached hydrogens (tertiary/aromatic N) is 2. The lowest BCUT2D eigenvalue weighted by Crippen LogP contribution is -2.36. The zero-order valence-corrected chi connectivity index (χ0v) is 10.6. The molecule has 5 nitrogen and oxygen atoms in total. The number of carbonyl (C=O) groups excluding carboxylic acids is 1. The van der Waals surface area contributed by atoms with Gasteiger partial charge in [0.1, 0.15) is 0 Å². The fraction of sp³-hybridized carbons (Fsp3) is 0.538. The summed E-state index contributed by atoms with van der Waals surface area (Å²) in [5.41, 5.74) is 9.15. The SMILES string of the molecule is CC1=CCCN(C(=O)c2n[nH]c(C3CC3)c2N)C1. The van der Waals surface area contributed by atoms with Crippen LogP contribution < -0.4 is 5.73 Å². The summed E-state index contributed by atoms with van der Waals surface area (Å²) in [7, 11) is 0. The summed E-state index contributed by atoms with van der Waals surface area (Å²) in [6.07, 6.45) is 5.38. The summed E-state index contributed by atoms with van der Waals surface area (Å²) in [5.74, 6) is 0.435. The molecule has 2 heterocycles. The molecule has 0 saturated heterocycles. The molecule has 1 aliphatic carbocycles. The first-order valence-corrected chi connectivity index (χ1v) is 6.45. The van der Waals surface area contributed by atoms with Crippen LogP contribution in [-0.4, -0.2) is 34.1 Å². The van der Waals surface area contributed by atoms with Crippen molar-refractivity contribution in [3.8, 4) is 0 Å². The lowest BCUT2D eigenvalue weighted by atomic mass is 10.1. The van der Waals surface area contributed by atoms with Crippen LogP contribution in [0, 0.1) is 0 Å². The number of aromatic nitrogens is 2. The third-order valence-electron chi connectivity index (χ3n) is 3.64. The molecule has 1 amide bonds. The molecule has 96 valence electrons. The predicted octanol–water partition coefficient (Wildman–Crippen LogP) is 1.66. The summed E-state index contributed by atoms with van der Waals surface area (Å²) in [5, 5.41) is 7.05. The van der Waals surface area contributed by atoms with E-state index in [1.165, 1.54) is 5.57 Å². The Balaban J connectivity index is 1.81. The number of hydrogen-bond donors (Lipinski definition) is 2. The van der Waals surface area contributed by atoms with Crippen LogP contribution in [0.2, 0.25) is 0 Å². The van der Waals surface area contributed by atoms with Crippen molar-refractivity contribution < 1.29 is 4.79 Å². The first-order valence-electron chi connectivity index (χ1n) is 6.45. The van der Waals surface area contributed by atoms with E-state index in [4.69, 9.17) is 5.73 Å². The average Bonchev–Trinajstić information content (AvgIpc) is 3.12. The Kier molecular flexibility index (Phi) is 2.61. The third kappa shape index (κ3) is 1.89. The highest BCUT2D eigenvalue weighted by Crippen LogP contribution is 2.42. The number of amides is 1. The molecule has 3 rings (SSSR count). The van der Waals surface area contributed by atoms with Crippen molar-refractivity contribution in [2.45, 2.75) is 32.1 Å². The average molecular weight is 246 g/mol. The molecule has 1 aromatic rings. The van der Waals surface area contributed by atoms with Crippen molar-refractivity contribution in [3.63, 3.8) is 0 Å². The number of aromatic amines is 1. The molecule has 0 spiro atoms. The summed E-state index contributed by atoms with van der Waals surface area (Å²) >= 11 is 0. The summed E-state index contributed by atoms with van der Waals surface area (Å²) in [6.45, 7) is 3.48. The van der Waals surface area contributed by atoms with Crippen molar-refractivity contribution in [1.29, 1.82) is 0 Å². The van der Waals surface area contributed by atoms with Crippen LogP contribution in [0.3, 0.4) is 0 Å². The minimum absolute atomic E-state index is 0.0527. The van der Waals surface area contributed by atoms with Gasteiger partial charge < -0.3 is 10.6 Å². The van der Waals surface area contributed by atoms with Gasteiger partial charge in [0.05, 0.1) is 11.4 Å². The number of nitrogens with one attached hydrogen (secondary N) is 1. The van der Waals surface area contributed by atoms with E-state index in [2.05, 4.69) is 16.3 Å². The van der Waals surface area contributed by atoms with Crippen LogP contribution >= 0.6 is 0 Å². The number of carbonyl (C=O) groups is 1. The Morgan fingerprint density at radius 1 is 1.56 bits per heavy atom. The van der Waals surface area contributed by atoms with E-state index >= 15 is 0 Å². The monoisotopic (exact) mass is 246 g/mol. The number of nitrogen functional groups attached to an aromatic ring is 1. The standard InChI is InChI=1S/C13H18N4O/c1-8-3-2-6-17(7-8)13(18)12-10(14)11(15-16-12)9-4-5-9/h3,9H,2,4-7,14H2,1H3,(H,15,16). The largest absolute Gasteiger partial charge is 0.395 e. The van der Waals surface area contributed by atoms with Crippen molar-refractivity contribution >= 4 is 11.6 Å². The van der Waals surface area contributed by atoms with Crippen molar-refractivity contribution in [2.24, 2.45) is 0 Å². The second-order valence-electron chi connectivity index (χ2n) is 5.24. The van der Waals surface area contributed by atoms with Gasteiger partial charge in [-0.2, -0.15) is 5.10 Å². The Bertz CT molecular complexity index is 513. The Hall–Kier alpha value is -1.78. The second kappa shape index (κ2) is 4.15. The third-order valence-corrected chi connectivity index (χ3v) is 3.64. The maximum absolute atomic E-state index is 12.4. The lowest BCUT2D eigenvalue weighted by Gasteiger charge is -2.25. The van der Waals surface area contributed by atoms with Crippen molar-refractivity contribution in [3.05, 3.63) is 23.0 Å². The van der Waals surface area contributed by atoms with E-state index in [-0.39, 0.29) is 5.91 Å². The first kappa shape index (κ1) is 11.3. The Morgan fingerprint density at radius 3 is 3.00 bits per heavy atom. The van der Waals surface area contributed by atoms with Crippen LogP contribution in [0.25, 0.3) is 0 Å². The summed E-state index contributed by atoms with van der Waals surface area (Å²) in [6, 6.07) is 0. The minimum atomic E-state index is -0.0527. The van der Waals surface area contributed by atoms with Gasteiger partial charge in [0.25, 0.3) is 5.91 Å². The van der Waals surface area contributed by atoms with E-state index in [0.717, 1.165) is 31.5 Å². The fourth-order valence-electron chi connectivity index (χ4n) is 2.44. The van der Waals surface area contributed by atoms with Crippen LogP contribution in [0.15, 0.2) is 11.6 Å². The highest BCUT2D eigenvalue weighted by molar-refractivity contribution is 5.98. The lowest BCUT2D eigenvalue weighted by molar-refractivity contribution is 0.0761. The quantitative estimate of drug-likeness (QED) is 0.779. The topological polar surface area (TPSA) is 75.0 Å². The molecule has 5 heteroatoms. The molecule has 2 aliphatic rings. The van der Waals surface area contributed by atoms with Gasteiger partial charge >= 0.3 is 0 Å². The van der Waals surface area contributed by atoms with Gasteiger partial charge in [0.15, 0.2) is 5.69 Å². The first-order chi connectivity index (χ1) is 8.66. The molecule has 1 fully saturated rings. The Morgan fingerprint density at radius 2 is 2.33 bits per heavy atom. The predicted molar refractivity (Wildman–Crippen MR) is 69.3 cm³/mol. The normalized spacial score (nSPS) is 19.8. The zero-order chi connectivity index (χ0) is 12.7. The van der Waals surface area contributed by atoms with Gasteiger partial charge in [-0.1, -0.05) is 11.6 Å². The van der Waals surface area contributed by atoms with Crippen molar-refractivity contribution in [1.82, 2.24) is 15.1 Å². The van der Waals surface area contributed by atoms with Gasteiger partial charge in [-0.05, 0) is 26.2 Å². The summed E-state index contributed by atoms with van der Waals surface area (Å²) in [4.78, 5) is 14.2. The molecule has 3 N–H and O–H groups in total. The second-order valence-corrected chi connectivity index (χ2v) is 5.24. The zero-order valence-electron chi connectivity index (χ0n) is 10.6. The number of rotatable bonds is 2. The molecule has 0 radical (unpaired) electrons.